The third-order valence-electron chi connectivity index (χ3n) is 10.8. The van der Waals surface area contributed by atoms with Crippen molar-refractivity contribution in [2.24, 2.45) is 17.6 Å². The number of likely N-dealkylation sites (tertiary alicyclic amines) is 1. The zero-order valence-corrected chi connectivity index (χ0v) is 30.7. The molecule has 11 heteroatoms. The van der Waals surface area contributed by atoms with Crippen LogP contribution in [0.25, 0.3) is 11.1 Å². The molecule has 4 atom stereocenters. The molecule has 2 aliphatic carbocycles. The molecule has 3 aromatic rings. The minimum Gasteiger partial charge on any atom is -0.449 e. The van der Waals surface area contributed by atoms with E-state index in [1.165, 1.54) is 24.8 Å². The summed E-state index contributed by atoms with van der Waals surface area (Å²) in [6, 6.07) is 15.1. The molecular weight excluding hydrogens is 672 g/mol. The average molecular weight is 727 g/mol. The first-order chi connectivity index (χ1) is 25.9. The van der Waals surface area contributed by atoms with E-state index in [0.29, 0.717) is 75.3 Å². The number of fused-ring (bicyclic) bond motifs is 1. The third-order valence-corrected chi connectivity index (χ3v) is 10.8. The first kappa shape index (κ1) is 38.4. The molecule has 1 saturated heterocycles. The monoisotopic (exact) mass is 726 g/mol. The van der Waals surface area contributed by atoms with E-state index in [-0.39, 0.29) is 36.3 Å². The first-order valence-corrected chi connectivity index (χ1v) is 19.6. The molecule has 1 aromatic heterocycles. The number of ketones is 2. The van der Waals surface area contributed by atoms with Crippen LogP contribution in [-0.2, 0) is 25.5 Å². The lowest BCUT2D eigenvalue weighted by Gasteiger charge is -2.31. The summed E-state index contributed by atoms with van der Waals surface area (Å²) >= 11 is 0. The van der Waals surface area contributed by atoms with Crippen LogP contribution in [0.4, 0.5) is 4.79 Å². The van der Waals surface area contributed by atoms with Gasteiger partial charge >= 0.3 is 6.09 Å². The Bertz CT molecular complexity index is 1680. The van der Waals surface area contributed by atoms with Crippen LogP contribution in [0, 0.1) is 11.8 Å². The number of Topliss-reactive ketones (excluding diaryl/α,β-unsaturated/α-hetero) is 2. The van der Waals surface area contributed by atoms with Gasteiger partial charge < -0.3 is 29.8 Å². The number of nitrogens with two attached hydrogens (primary N) is 1. The molecule has 2 saturated carbocycles. The highest BCUT2D eigenvalue weighted by molar-refractivity contribution is 6.00. The van der Waals surface area contributed by atoms with Gasteiger partial charge in [0.2, 0.25) is 11.7 Å². The molecule has 0 radical (unpaired) electrons. The maximum absolute atomic E-state index is 14.6. The average Bonchev–Trinajstić information content (AvgIpc) is 3.76. The molecule has 6 rings (SSSR count). The standard InChI is InChI=1S/C42H54N4O7/c43-24-10-9-15-32(39(48)40-44-33-16-7-8-17-36(33)53-40)27-35(47)38-37(51-26-23-30-13-5-2-6-14-30)22-25-46(38)41(49)34(21-20-29-11-3-1-4-12-29)45-42(50)52-28-31-18-19-31/h1,3-4,7-8,11-12,16-17,23,31-32,34,37-38H,2,5-6,9-10,13-15,18-22,24-28,43H2,(H,45,50)/t32-,34-,37+,38-/m1/s1. The Kier molecular flexibility index (Phi) is 13.8. The van der Waals surface area contributed by atoms with Gasteiger partial charge in [-0.25, -0.2) is 9.78 Å². The van der Waals surface area contributed by atoms with E-state index in [9.17, 15) is 19.2 Å². The first-order valence-electron chi connectivity index (χ1n) is 19.6. The van der Waals surface area contributed by atoms with Crippen molar-refractivity contribution in [3.63, 3.8) is 0 Å². The molecule has 11 nitrogen and oxygen atoms in total. The van der Waals surface area contributed by atoms with Crippen molar-refractivity contribution in [1.29, 1.82) is 0 Å². The van der Waals surface area contributed by atoms with E-state index in [1.54, 1.807) is 17.0 Å². The summed E-state index contributed by atoms with van der Waals surface area (Å²) in [5, 5.41) is 2.83. The lowest BCUT2D eigenvalue weighted by molar-refractivity contribution is -0.142. The molecule has 3 aliphatic rings. The van der Waals surface area contributed by atoms with Gasteiger partial charge in [0, 0.05) is 18.9 Å². The summed E-state index contributed by atoms with van der Waals surface area (Å²) in [5.74, 6) is -1.33. The number of nitrogens with one attached hydrogen (secondary N) is 1. The molecule has 3 fully saturated rings. The predicted octanol–water partition coefficient (Wildman–Crippen LogP) is 6.73. The number of carbonyl (C=O) groups excluding carboxylic acids is 4. The predicted molar refractivity (Wildman–Crippen MR) is 201 cm³/mol. The fourth-order valence-electron chi connectivity index (χ4n) is 7.52. The highest BCUT2D eigenvalue weighted by atomic mass is 16.5. The number of aryl methyl sites for hydroxylation is 1. The Morgan fingerprint density at radius 1 is 0.962 bits per heavy atom. The molecule has 0 bridgehead atoms. The summed E-state index contributed by atoms with van der Waals surface area (Å²) in [6.07, 6.45) is 11.6. The van der Waals surface area contributed by atoms with E-state index in [1.807, 2.05) is 42.5 Å². The molecule has 284 valence electrons. The van der Waals surface area contributed by atoms with Crippen molar-refractivity contribution in [2.45, 2.75) is 108 Å². The smallest absolute Gasteiger partial charge is 0.407 e. The summed E-state index contributed by atoms with van der Waals surface area (Å²) in [6.45, 7) is 1.42. The fourth-order valence-corrected chi connectivity index (χ4v) is 7.52. The Balaban J connectivity index is 1.23. The van der Waals surface area contributed by atoms with E-state index in [4.69, 9.17) is 19.6 Å². The van der Waals surface area contributed by atoms with Crippen LogP contribution in [0.1, 0.15) is 99.7 Å². The normalized spacial score (nSPS) is 19.9. The molecule has 3 N–H and O–H groups in total. The van der Waals surface area contributed by atoms with Crippen molar-refractivity contribution >= 4 is 34.7 Å². The summed E-state index contributed by atoms with van der Waals surface area (Å²) in [4.78, 5) is 62.0. The Hall–Kier alpha value is -4.35. The molecule has 1 aliphatic heterocycles. The van der Waals surface area contributed by atoms with E-state index in [0.717, 1.165) is 31.2 Å². The second-order valence-corrected chi connectivity index (χ2v) is 14.8. The number of para-hydroxylation sites is 2. The number of hydrogen-bond donors (Lipinski definition) is 2. The number of aromatic nitrogens is 1. The van der Waals surface area contributed by atoms with Crippen LogP contribution in [0.2, 0.25) is 0 Å². The summed E-state index contributed by atoms with van der Waals surface area (Å²) < 4.78 is 17.7. The maximum Gasteiger partial charge on any atom is 0.407 e. The van der Waals surface area contributed by atoms with Gasteiger partial charge in [-0.1, -0.05) is 67.0 Å². The quantitative estimate of drug-likeness (QED) is 0.0778. The van der Waals surface area contributed by atoms with Gasteiger partial charge in [-0.3, -0.25) is 14.4 Å². The number of unbranched alkanes of at least 4 members (excludes halogenated alkanes) is 1. The number of alkyl carbamates (subject to hydrolysis) is 1. The molecule has 2 aromatic carbocycles. The Morgan fingerprint density at radius 2 is 1.74 bits per heavy atom. The number of benzene rings is 2. The van der Waals surface area contributed by atoms with Crippen LogP contribution >= 0.6 is 0 Å². The van der Waals surface area contributed by atoms with Crippen molar-refractivity contribution in [2.75, 3.05) is 26.3 Å². The Morgan fingerprint density at radius 3 is 2.49 bits per heavy atom. The zero-order chi connectivity index (χ0) is 37.0. The molecule has 2 heterocycles. The molecule has 0 unspecified atom stereocenters. The van der Waals surface area contributed by atoms with Gasteiger partial charge in [-0.15, -0.1) is 0 Å². The second-order valence-electron chi connectivity index (χ2n) is 14.8. The number of carbonyl (C=O) groups is 4. The van der Waals surface area contributed by atoms with Gasteiger partial charge in [0.15, 0.2) is 11.4 Å². The fraction of sp³-hybridized carbons (Fsp3) is 0.548. The number of nitrogens with zero attached hydrogens (tertiary/aromatic N) is 2. The molecule has 2 amide bonds. The minimum atomic E-state index is -0.927. The number of rotatable bonds is 19. The van der Waals surface area contributed by atoms with Gasteiger partial charge in [-0.2, -0.15) is 0 Å². The number of ether oxygens (including phenoxy) is 2. The van der Waals surface area contributed by atoms with E-state index >= 15 is 0 Å². The lowest BCUT2D eigenvalue weighted by atomic mass is 9.88. The number of allylic oxidation sites excluding steroid dienone is 1. The van der Waals surface area contributed by atoms with E-state index < -0.39 is 30.2 Å². The third kappa shape index (κ3) is 10.9. The molecule has 53 heavy (non-hydrogen) atoms. The largest absolute Gasteiger partial charge is 0.449 e. The van der Waals surface area contributed by atoms with Gasteiger partial charge in [-0.05, 0) is 101 Å². The van der Waals surface area contributed by atoms with Gasteiger partial charge in [0.25, 0.3) is 5.89 Å². The van der Waals surface area contributed by atoms with Crippen LogP contribution in [0.5, 0.6) is 0 Å². The maximum atomic E-state index is 14.6. The number of hydrogen-bond acceptors (Lipinski definition) is 9. The van der Waals surface area contributed by atoms with Crippen molar-refractivity contribution < 1.29 is 33.1 Å². The highest BCUT2D eigenvalue weighted by Crippen LogP contribution is 2.31. The summed E-state index contributed by atoms with van der Waals surface area (Å²) in [5.41, 5.74) is 9.26. The SMILES string of the molecule is NCCCC[C@H](CC(=O)[C@@H]1[C@@H](OCC=C2CCCCC2)CCN1C(=O)[C@@H](CCc1ccccc1)NC(=O)OCC1CC1)C(=O)c1nc2ccccc2o1. The van der Waals surface area contributed by atoms with Crippen LogP contribution in [0.3, 0.4) is 0 Å². The van der Waals surface area contributed by atoms with Crippen LogP contribution in [-0.4, -0.2) is 77.9 Å². The van der Waals surface area contributed by atoms with Crippen LogP contribution < -0.4 is 11.1 Å². The van der Waals surface area contributed by atoms with Crippen molar-refractivity contribution in [3.8, 4) is 0 Å². The number of amides is 2. The van der Waals surface area contributed by atoms with E-state index in [2.05, 4.69) is 16.4 Å². The van der Waals surface area contributed by atoms with Crippen molar-refractivity contribution in [3.05, 3.63) is 77.7 Å². The number of oxazole rings is 1. The Labute approximate surface area is 312 Å². The molecular formula is C42H54N4O7. The lowest BCUT2D eigenvalue weighted by Crippen LogP contribution is -2.54. The molecule has 0 spiro atoms. The van der Waals surface area contributed by atoms with Gasteiger partial charge in [0.05, 0.1) is 19.3 Å². The topological polar surface area (TPSA) is 154 Å². The zero-order valence-electron chi connectivity index (χ0n) is 30.7. The summed E-state index contributed by atoms with van der Waals surface area (Å²) in [7, 11) is 0. The van der Waals surface area contributed by atoms with Crippen LogP contribution in [0.15, 0.2) is 70.7 Å². The van der Waals surface area contributed by atoms with Crippen molar-refractivity contribution in [1.82, 2.24) is 15.2 Å². The minimum absolute atomic E-state index is 0.0297. The highest BCUT2D eigenvalue weighted by Gasteiger charge is 2.45. The second kappa shape index (κ2) is 19.1. The van der Waals surface area contributed by atoms with Gasteiger partial charge in [0.1, 0.15) is 17.6 Å².